The molecule has 3 nitrogen and oxygen atoms in total. The first-order valence-electron chi connectivity index (χ1n) is 6.17. The van der Waals surface area contributed by atoms with E-state index in [9.17, 15) is 8.78 Å². The van der Waals surface area contributed by atoms with Gasteiger partial charge in [0.05, 0.1) is 13.2 Å². The third kappa shape index (κ3) is 4.54. The van der Waals surface area contributed by atoms with Gasteiger partial charge in [0.15, 0.2) is 0 Å². The van der Waals surface area contributed by atoms with Crippen LogP contribution in [0.3, 0.4) is 0 Å². The van der Waals surface area contributed by atoms with Crippen molar-refractivity contribution in [3.05, 3.63) is 27.3 Å². The van der Waals surface area contributed by atoms with E-state index in [4.69, 9.17) is 9.47 Å². The Bertz CT molecular complexity index is 412. The second-order valence-electron chi connectivity index (χ2n) is 4.29. The molecular weight excluding hydrogens is 367 g/mol. The predicted molar refractivity (Wildman–Crippen MR) is 76.9 cm³/mol. The lowest BCUT2D eigenvalue weighted by Gasteiger charge is -2.26. The van der Waals surface area contributed by atoms with Crippen molar-refractivity contribution in [2.24, 2.45) is 0 Å². The standard InChI is InChI=1S/C13H16F2INO2/c14-13(15)11-9-10(1-2-12(11)16)19-8-5-17-3-6-18-7-4-17/h1-2,9,13H,3-8H2. The number of alkyl halides is 2. The van der Waals surface area contributed by atoms with Crippen molar-refractivity contribution in [1.82, 2.24) is 4.90 Å². The Morgan fingerprint density at radius 3 is 2.74 bits per heavy atom. The van der Waals surface area contributed by atoms with Crippen molar-refractivity contribution in [2.45, 2.75) is 6.43 Å². The zero-order valence-corrected chi connectivity index (χ0v) is 12.6. The van der Waals surface area contributed by atoms with Crippen LogP contribution in [0, 0.1) is 3.57 Å². The number of morpholine rings is 1. The van der Waals surface area contributed by atoms with Crippen LogP contribution in [0.5, 0.6) is 5.75 Å². The Balaban J connectivity index is 1.83. The van der Waals surface area contributed by atoms with Gasteiger partial charge < -0.3 is 9.47 Å². The quantitative estimate of drug-likeness (QED) is 0.730. The van der Waals surface area contributed by atoms with Crippen molar-refractivity contribution < 1.29 is 18.3 Å². The molecule has 0 amide bonds. The van der Waals surface area contributed by atoms with Gasteiger partial charge in [-0.05, 0) is 40.8 Å². The normalized spacial score (nSPS) is 16.8. The number of hydrogen-bond acceptors (Lipinski definition) is 3. The molecule has 1 aromatic carbocycles. The molecule has 106 valence electrons. The largest absolute Gasteiger partial charge is 0.492 e. The van der Waals surface area contributed by atoms with Crippen LogP contribution in [0.15, 0.2) is 18.2 Å². The smallest absolute Gasteiger partial charge is 0.265 e. The highest BCUT2D eigenvalue weighted by molar-refractivity contribution is 14.1. The molecule has 19 heavy (non-hydrogen) atoms. The average Bonchev–Trinajstić information content (AvgIpc) is 2.41. The highest BCUT2D eigenvalue weighted by atomic mass is 127. The van der Waals surface area contributed by atoms with Crippen LogP contribution < -0.4 is 4.74 Å². The maximum absolute atomic E-state index is 12.7. The Morgan fingerprint density at radius 2 is 2.05 bits per heavy atom. The van der Waals surface area contributed by atoms with Gasteiger partial charge >= 0.3 is 0 Å². The van der Waals surface area contributed by atoms with Crippen LogP contribution in [0.25, 0.3) is 0 Å². The van der Waals surface area contributed by atoms with Crippen molar-refractivity contribution in [3.8, 4) is 5.75 Å². The van der Waals surface area contributed by atoms with E-state index in [-0.39, 0.29) is 5.56 Å². The van der Waals surface area contributed by atoms with Crippen molar-refractivity contribution >= 4 is 22.6 Å². The molecule has 1 saturated heterocycles. The summed E-state index contributed by atoms with van der Waals surface area (Å²) >= 11 is 1.91. The lowest BCUT2D eigenvalue weighted by molar-refractivity contribution is 0.0322. The summed E-state index contributed by atoms with van der Waals surface area (Å²) in [5.74, 6) is 0.504. The molecular formula is C13H16F2INO2. The third-order valence-electron chi connectivity index (χ3n) is 2.98. The molecule has 0 atom stereocenters. The number of hydrogen-bond donors (Lipinski definition) is 0. The predicted octanol–water partition coefficient (Wildman–Crippen LogP) is 2.94. The van der Waals surface area contributed by atoms with Gasteiger partial charge in [0.2, 0.25) is 0 Å². The maximum atomic E-state index is 12.7. The SMILES string of the molecule is FC(F)c1cc(OCCN2CCOCC2)ccc1I. The minimum absolute atomic E-state index is 0.0319. The number of ether oxygens (including phenoxy) is 2. The summed E-state index contributed by atoms with van der Waals surface area (Å²) in [5, 5.41) is 0. The van der Waals surface area contributed by atoms with Gasteiger partial charge in [0, 0.05) is 28.8 Å². The topological polar surface area (TPSA) is 21.7 Å². The van der Waals surface area contributed by atoms with Crippen LogP contribution in [-0.4, -0.2) is 44.4 Å². The first kappa shape index (κ1) is 14.9. The molecule has 0 unspecified atom stereocenters. The Hall–Kier alpha value is -0.470. The molecule has 2 rings (SSSR count). The molecule has 0 spiro atoms. The molecule has 1 fully saturated rings. The van der Waals surface area contributed by atoms with Crippen molar-refractivity contribution in [3.63, 3.8) is 0 Å². The molecule has 0 N–H and O–H groups in total. The Labute approximate surface area is 125 Å². The maximum Gasteiger partial charge on any atom is 0.265 e. The Kier molecular flexibility index (Phi) is 5.77. The number of rotatable bonds is 5. The summed E-state index contributed by atoms with van der Waals surface area (Å²) in [7, 11) is 0. The third-order valence-corrected chi connectivity index (χ3v) is 3.96. The number of nitrogens with zero attached hydrogens (tertiary/aromatic N) is 1. The molecule has 1 aliphatic rings. The number of halogens is 3. The second kappa shape index (κ2) is 7.35. The zero-order chi connectivity index (χ0) is 13.7. The van der Waals surface area contributed by atoms with Crippen LogP contribution >= 0.6 is 22.6 Å². The fraction of sp³-hybridized carbons (Fsp3) is 0.538. The van der Waals surface area contributed by atoms with Gasteiger partial charge in [0.25, 0.3) is 6.43 Å². The van der Waals surface area contributed by atoms with Gasteiger partial charge in [-0.15, -0.1) is 0 Å². The van der Waals surface area contributed by atoms with Crippen LogP contribution in [-0.2, 0) is 4.74 Å². The fourth-order valence-electron chi connectivity index (χ4n) is 1.90. The van der Waals surface area contributed by atoms with E-state index >= 15 is 0 Å². The summed E-state index contributed by atoms with van der Waals surface area (Å²) in [6, 6.07) is 4.81. The molecule has 0 aliphatic carbocycles. The molecule has 1 aliphatic heterocycles. The molecule has 0 aromatic heterocycles. The van der Waals surface area contributed by atoms with Gasteiger partial charge in [-0.25, -0.2) is 8.78 Å². The lowest BCUT2D eigenvalue weighted by atomic mass is 10.2. The lowest BCUT2D eigenvalue weighted by Crippen LogP contribution is -2.38. The zero-order valence-electron chi connectivity index (χ0n) is 10.4. The first-order valence-corrected chi connectivity index (χ1v) is 7.25. The van der Waals surface area contributed by atoms with E-state index in [1.54, 1.807) is 12.1 Å². The van der Waals surface area contributed by atoms with E-state index in [0.717, 1.165) is 32.8 Å². The molecule has 1 aromatic rings. The van der Waals surface area contributed by atoms with Crippen molar-refractivity contribution in [2.75, 3.05) is 39.5 Å². The van der Waals surface area contributed by atoms with Crippen LogP contribution in [0.2, 0.25) is 0 Å². The fourth-order valence-corrected chi connectivity index (χ4v) is 2.47. The summed E-state index contributed by atoms with van der Waals surface area (Å²) in [6.07, 6.45) is -2.46. The monoisotopic (exact) mass is 383 g/mol. The van der Waals surface area contributed by atoms with Crippen molar-refractivity contribution in [1.29, 1.82) is 0 Å². The number of benzene rings is 1. The Morgan fingerprint density at radius 1 is 1.32 bits per heavy atom. The summed E-state index contributed by atoms with van der Waals surface area (Å²) in [5.41, 5.74) is 0.0319. The van der Waals surface area contributed by atoms with E-state index in [1.807, 2.05) is 22.6 Å². The van der Waals surface area contributed by atoms with E-state index < -0.39 is 6.43 Å². The van der Waals surface area contributed by atoms with Gasteiger partial charge in [0.1, 0.15) is 12.4 Å². The average molecular weight is 383 g/mol. The van der Waals surface area contributed by atoms with E-state index in [0.29, 0.717) is 15.9 Å². The van der Waals surface area contributed by atoms with Gasteiger partial charge in [-0.1, -0.05) is 0 Å². The van der Waals surface area contributed by atoms with E-state index in [1.165, 1.54) is 6.07 Å². The van der Waals surface area contributed by atoms with Gasteiger partial charge in [-0.3, -0.25) is 4.90 Å². The highest BCUT2D eigenvalue weighted by Gasteiger charge is 2.13. The molecule has 0 radical (unpaired) electrons. The van der Waals surface area contributed by atoms with Crippen LogP contribution in [0.1, 0.15) is 12.0 Å². The van der Waals surface area contributed by atoms with Crippen LogP contribution in [0.4, 0.5) is 8.78 Å². The molecule has 1 heterocycles. The summed E-state index contributed by atoms with van der Waals surface area (Å²) in [6.45, 7) is 4.59. The first-order chi connectivity index (χ1) is 9.16. The molecule has 6 heteroatoms. The van der Waals surface area contributed by atoms with Gasteiger partial charge in [-0.2, -0.15) is 0 Å². The second-order valence-corrected chi connectivity index (χ2v) is 5.45. The summed E-state index contributed by atoms with van der Waals surface area (Å²) in [4.78, 5) is 2.24. The minimum atomic E-state index is -2.46. The minimum Gasteiger partial charge on any atom is -0.492 e. The summed E-state index contributed by atoms with van der Waals surface area (Å²) < 4.78 is 36.8. The van der Waals surface area contributed by atoms with E-state index in [2.05, 4.69) is 4.90 Å². The molecule has 0 bridgehead atoms. The molecule has 0 saturated carbocycles. The highest BCUT2D eigenvalue weighted by Crippen LogP contribution is 2.28.